The van der Waals surface area contributed by atoms with E-state index < -0.39 is 6.04 Å². The Morgan fingerprint density at radius 2 is 1.65 bits per heavy atom. The van der Waals surface area contributed by atoms with Crippen LogP contribution in [0.5, 0.6) is 17.2 Å². The molecular formula is C23H27N3O5. The van der Waals surface area contributed by atoms with Crippen molar-refractivity contribution in [1.82, 2.24) is 15.2 Å². The molecule has 0 aliphatic rings. The van der Waals surface area contributed by atoms with Gasteiger partial charge in [0.15, 0.2) is 0 Å². The Labute approximate surface area is 181 Å². The summed E-state index contributed by atoms with van der Waals surface area (Å²) in [6.45, 7) is 2.00. The first-order chi connectivity index (χ1) is 14.9. The van der Waals surface area contributed by atoms with Gasteiger partial charge in [-0.15, -0.1) is 0 Å². The van der Waals surface area contributed by atoms with Crippen molar-refractivity contribution in [2.24, 2.45) is 7.05 Å². The summed E-state index contributed by atoms with van der Waals surface area (Å²) >= 11 is 0. The fourth-order valence-electron chi connectivity index (χ4n) is 3.30. The monoisotopic (exact) mass is 425 g/mol. The summed E-state index contributed by atoms with van der Waals surface area (Å²) in [6.07, 6.45) is 0. The van der Waals surface area contributed by atoms with Crippen molar-refractivity contribution in [3.8, 4) is 17.2 Å². The van der Waals surface area contributed by atoms with Crippen LogP contribution in [-0.4, -0.2) is 43.8 Å². The standard InChI is InChI=1S/C23H27N3O5/c1-14(22(27)24-13-15-6-8-16(29-3)9-7-15)25-23(28)20-12-18-19(26(20)2)10-17(30-4)11-21(18)31-5/h6-12,14H,13H2,1-5H3,(H,24,27)(H,25,28). The van der Waals surface area contributed by atoms with Gasteiger partial charge in [0.2, 0.25) is 5.91 Å². The summed E-state index contributed by atoms with van der Waals surface area (Å²) in [4.78, 5) is 25.3. The molecule has 0 radical (unpaired) electrons. The highest BCUT2D eigenvalue weighted by Crippen LogP contribution is 2.33. The molecule has 3 aromatic rings. The van der Waals surface area contributed by atoms with E-state index in [1.807, 2.05) is 30.3 Å². The first-order valence-corrected chi connectivity index (χ1v) is 9.81. The first-order valence-electron chi connectivity index (χ1n) is 9.81. The van der Waals surface area contributed by atoms with Crippen LogP contribution >= 0.6 is 0 Å². The van der Waals surface area contributed by atoms with Crippen LogP contribution in [0.25, 0.3) is 10.9 Å². The Morgan fingerprint density at radius 3 is 2.26 bits per heavy atom. The molecule has 3 rings (SSSR count). The van der Waals surface area contributed by atoms with Gasteiger partial charge in [-0.1, -0.05) is 12.1 Å². The zero-order valence-electron chi connectivity index (χ0n) is 18.3. The number of carbonyl (C=O) groups is 2. The lowest BCUT2D eigenvalue weighted by atomic mass is 10.2. The largest absolute Gasteiger partial charge is 0.497 e. The van der Waals surface area contributed by atoms with Crippen LogP contribution in [0.4, 0.5) is 0 Å². The van der Waals surface area contributed by atoms with Crippen LogP contribution in [0.3, 0.4) is 0 Å². The van der Waals surface area contributed by atoms with Crippen molar-refractivity contribution in [3.05, 3.63) is 53.7 Å². The second kappa shape index (κ2) is 9.42. The minimum Gasteiger partial charge on any atom is -0.497 e. The molecular weight excluding hydrogens is 398 g/mol. The van der Waals surface area contributed by atoms with Crippen LogP contribution < -0.4 is 24.8 Å². The van der Waals surface area contributed by atoms with Gasteiger partial charge in [0, 0.05) is 31.1 Å². The summed E-state index contributed by atoms with van der Waals surface area (Å²) in [5, 5.41) is 6.37. The third-order valence-electron chi connectivity index (χ3n) is 5.15. The van der Waals surface area contributed by atoms with E-state index in [1.165, 1.54) is 0 Å². The van der Waals surface area contributed by atoms with E-state index in [0.717, 1.165) is 22.2 Å². The number of amides is 2. The third kappa shape index (κ3) is 4.74. The highest BCUT2D eigenvalue weighted by atomic mass is 16.5. The number of aryl methyl sites for hydroxylation is 1. The highest BCUT2D eigenvalue weighted by molar-refractivity contribution is 6.02. The van der Waals surface area contributed by atoms with E-state index in [4.69, 9.17) is 14.2 Å². The number of hydrogen-bond acceptors (Lipinski definition) is 5. The number of methoxy groups -OCH3 is 3. The molecule has 2 aromatic carbocycles. The van der Waals surface area contributed by atoms with Crippen molar-refractivity contribution >= 4 is 22.7 Å². The number of nitrogens with one attached hydrogen (secondary N) is 2. The zero-order valence-corrected chi connectivity index (χ0v) is 18.3. The third-order valence-corrected chi connectivity index (χ3v) is 5.15. The lowest BCUT2D eigenvalue weighted by molar-refractivity contribution is -0.122. The Bertz CT molecular complexity index is 1090. The molecule has 2 N–H and O–H groups in total. The van der Waals surface area contributed by atoms with Crippen molar-refractivity contribution in [2.45, 2.75) is 19.5 Å². The van der Waals surface area contributed by atoms with Crippen LogP contribution in [0, 0.1) is 0 Å². The van der Waals surface area contributed by atoms with Gasteiger partial charge in [0.1, 0.15) is 29.0 Å². The molecule has 0 spiro atoms. The van der Waals surface area contributed by atoms with Gasteiger partial charge in [-0.3, -0.25) is 9.59 Å². The number of hydrogen-bond donors (Lipinski definition) is 2. The van der Waals surface area contributed by atoms with Gasteiger partial charge in [0.05, 0.1) is 26.8 Å². The minimum absolute atomic E-state index is 0.276. The predicted molar refractivity (Wildman–Crippen MR) is 118 cm³/mol. The quantitative estimate of drug-likeness (QED) is 0.579. The molecule has 2 amide bonds. The van der Waals surface area contributed by atoms with E-state index in [9.17, 15) is 9.59 Å². The normalized spacial score (nSPS) is 11.6. The molecule has 1 aromatic heterocycles. The fraction of sp³-hybridized carbons (Fsp3) is 0.304. The second-order valence-corrected chi connectivity index (χ2v) is 7.11. The van der Waals surface area contributed by atoms with Gasteiger partial charge in [-0.25, -0.2) is 0 Å². The average molecular weight is 425 g/mol. The lowest BCUT2D eigenvalue weighted by Crippen LogP contribution is -2.44. The smallest absolute Gasteiger partial charge is 0.268 e. The van der Waals surface area contributed by atoms with E-state index in [2.05, 4.69) is 10.6 Å². The molecule has 0 bridgehead atoms. The number of benzene rings is 2. The summed E-state index contributed by atoms with van der Waals surface area (Å²) in [7, 11) is 6.52. The maximum absolute atomic E-state index is 12.9. The number of aromatic nitrogens is 1. The molecule has 0 aliphatic carbocycles. The first kappa shape index (κ1) is 22.0. The molecule has 8 nitrogen and oxygen atoms in total. The minimum atomic E-state index is -0.708. The lowest BCUT2D eigenvalue weighted by Gasteiger charge is -2.15. The molecule has 8 heteroatoms. The molecule has 31 heavy (non-hydrogen) atoms. The van der Waals surface area contributed by atoms with Crippen molar-refractivity contribution in [3.63, 3.8) is 0 Å². The van der Waals surface area contributed by atoms with Gasteiger partial charge in [-0.05, 0) is 30.7 Å². The summed E-state index contributed by atoms with van der Waals surface area (Å²) in [6, 6.07) is 12.0. The SMILES string of the molecule is COc1ccc(CNC(=O)C(C)NC(=O)c2cc3c(OC)cc(OC)cc3n2C)cc1. The van der Waals surface area contributed by atoms with E-state index >= 15 is 0 Å². The predicted octanol–water partition coefficient (Wildman–Crippen LogP) is 2.64. The molecule has 0 aliphatic heterocycles. The van der Waals surface area contributed by atoms with Crippen molar-refractivity contribution < 1.29 is 23.8 Å². The maximum Gasteiger partial charge on any atom is 0.268 e. The number of rotatable bonds is 8. The number of carbonyl (C=O) groups excluding carboxylic acids is 2. The number of ether oxygens (including phenoxy) is 3. The number of nitrogens with zero attached hydrogens (tertiary/aromatic N) is 1. The Kier molecular flexibility index (Phi) is 6.69. The van der Waals surface area contributed by atoms with Gasteiger partial charge >= 0.3 is 0 Å². The molecule has 0 saturated carbocycles. The Hall–Kier alpha value is -3.68. The van der Waals surface area contributed by atoms with Crippen LogP contribution in [0.1, 0.15) is 23.0 Å². The Morgan fingerprint density at radius 1 is 0.968 bits per heavy atom. The summed E-state index contributed by atoms with van der Waals surface area (Å²) in [5.74, 6) is 1.35. The molecule has 164 valence electrons. The maximum atomic E-state index is 12.9. The van der Waals surface area contributed by atoms with Crippen LogP contribution in [0.2, 0.25) is 0 Å². The molecule has 0 fully saturated rings. The molecule has 0 saturated heterocycles. The van der Waals surface area contributed by atoms with E-state index in [-0.39, 0.29) is 11.8 Å². The molecule has 1 atom stereocenters. The zero-order chi connectivity index (χ0) is 22.5. The highest BCUT2D eigenvalue weighted by Gasteiger charge is 2.21. The van der Waals surface area contributed by atoms with Crippen LogP contribution in [0.15, 0.2) is 42.5 Å². The molecule has 1 unspecified atom stereocenters. The van der Waals surface area contributed by atoms with Crippen LogP contribution in [-0.2, 0) is 18.4 Å². The summed E-state index contributed by atoms with van der Waals surface area (Å²) in [5.41, 5.74) is 2.14. The topological polar surface area (TPSA) is 90.8 Å². The van der Waals surface area contributed by atoms with Gasteiger partial charge < -0.3 is 29.4 Å². The molecule has 1 heterocycles. The number of fused-ring (bicyclic) bond motifs is 1. The summed E-state index contributed by atoms with van der Waals surface area (Å²) < 4.78 is 17.6. The van der Waals surface area contributed by atoms with Gasteiger partial charge in [-0.2, -0.15) is 0 Å². The Balaban J connectivity index is 1.69. The second-order valence-electron chi connectivity index (χ2n) is 7.11. The fourth-order valence-corrected chi connectivity index (χ4v) is 3.30. The average Bonchev–Trinajstić information content (AvgIpc) is 3.13. The van der Waals surface area contributed by atoms with Gasteiger partial charge in [0.25, 0.3) is 5.91 Å². The van der Waals surface area contributed by atoms with E-state index in [0.29, 0.717) is 23.7 Å². The van der Waals surface area contributed by atoms with Crippen molar-refractivity contribution in [2.75, 3.05) is 21.3 Å². The van der Waals surface area contributed by atoms with Crippen molar-refractivity contribution in [1.29, 1.82) is 0 Å². The van der Waals surface area contributed by atoms with E-state index in [1.54, 1.807) is 52.0 Å².